The highest BCUT2D eigenvalue weighted by atomic mass is 32.2. The predicted octanol–water partition coefficient (Wildman–Crippen LogP) is 3.31. The maximum atomic E-state index is 12.4. The van der Waals surface area contributed by atoms with Gasteiger partial charge in [-0.3, -0.25) is 0 Å². The minimum Gasteiger partial charge on any atom is -0.497 e. The fraction of sp³-hybridized carbons (Fsp3) is 0.333. The minimum atomic E-state index is -3.57. The standard InChI is InChI=1S/C18H23NO4S/c1-13(2)17-11-14(5-10-18(17)23-4)12-19-24(20,21)16-8-6-15(22-3)7-9-16/h5-11,13,19H,12H2,1-4H3. The Balaban J connectivity index is 2.15. The first-order chi connectivity index (χ1) is 11.4. The summed E-state index contributed by atoms with van der Waals surface area (Å²) in [6.45, 7) is 4.37. The smallest absolute Gasteiger partial charge is 0.240 e. The third-order valence-corrected chi connectivity index (χ3v) is 5.17. The van der Waals surface area contributed by atoms with E-state index in [9.17, 15) is 8.42 Å². The Morgan fingerprint density at radius 2 is 1.67 bits per heavy atom. The molecule has 0 fully saturated rings. The summed E-state index contributed by atoms with van der Waals surface area (Å²) < 4.78 is 37.8. The Morgan fingerprint density at radius 3 is 2.21 bits per heavy atom. The summed E-state index contributed by atoms with van der Waals surface area (Å²) in [7, 11) is -0.397. The Hall–Kier alpha value is -2.05. The fourth-order valence-corrected chi connectivity index (χ4v) is 3.38. The van der Waals surface area contributed by atoms with Crippen molar-refractivity contribution in [2.75, 3.05) is 14.2 Å². The van der Waals surface area contributed by atoms with Gasteiger partial charge >= 0.3 is 0 Å². The van der Waals surface area contributed by atoms with Crippen LogP contribution in [0.25, 0.3) is 0 Å². The second-order valence-corrected chi connectivity index (χ2v) is 7.50. The first-order valence-corrected chi connectivity index (χ1v) is 9.16. The van der Waals surface area contributed by atoms with E-state index < -0.39 is 10.0 Å². The molecule has 6 heteroatoms. The summed E-state index contributed by atoms with van der Waals surface area (Å²) in [4.78, 5) is 0.209. The van der Waals surface area contributed by atoms with E-state index in [2.05, 4.69) is 18.6 Å². The number of benzene rings is 2. The van der Waals surface area contributed by atoms with Gasteiger partial charge in [0.05, 0.1) is 19.1 Å². The van der Waals surface area contributed by atoms with Gasteiger partial charge < -0.3 is 9.47 Å². The monoisotopic (exact) mass is 349 g/mol. The van der Waals surface area contributed by atoms with E-state index in [1.807, 2.05) is 18.2 Å². The van der Waals surface area contributed by atoms with Crippen molar-refractivity contribution in [1.29, 1.82) is 0 Å². The number of hydrogen-bond acceptors (Lipinski definition) is 4. The molecule has 0 atom stereocenters. The van der Waals surface area contributed by atoms with Gasteiger partial charge in [0.25, 0.3) is 0 Å². The molecule has 1 N–H and O–H groups in total. The number of ether oxygens (including phenoxy) is 2. The molecule has 0 amide bonds. The molecular weight excluding hydrogens is 326 g/mol. The van der Waals surface area contributed by atoms with E-state index in [4.69, 9.17) is 9.47 Å². The number of methoxy groups -OCH3 is 2. The molecule has 0 aliphatic rings. The summed E-state index contributed by atoms with van der Waals surface area (Å²) in [5.41, 5.74) is 1.94. The van der Waals surface area contributed by atoms with Crippen molar-refractivity contribution < 1.29 is 17.9 Å². The van der Waals surface area contributed by atoms with Crippen LogP contribution >= 0.6 is 0 Å². The van der Waals surface area contributed by atoms with E-state index in [0.29, 0.717) is 5.75 Å². The summed E-state index contributed by atoms with van der Waals surface area (Å²) in [6, 6.07) is 12.0. The Labute approximate surface area is 143 Å². The lowest BCUT2D eigenvalue weighted by Gasteiger charge is -2.14. The predicted molar refractivity (Wildman–Crippen MR) is 94.1 cm³/mol. The van der Waals surface area contributed by atoms with Crippen molar-refractivity contribution in [2.24, 2.45) is 0 Å². The van der Waals surface area contributed by atoms with Crippen LogP contribution in [0.4, 0.5) is 0 Å². The van der Waals surface area contributed by atoms with Crippen molar-refractivity contribution in [3.05, 3.63) is 53.6 Å². The Morgan fingerprint density at radius 1 is 1.00 bits per heavy atom. The van der Waals surface area contributed by atoms with E-state index in [1.54, 1.807) is 19.2 Å². The molecule has 5 nitrogen and oxygen atoms in total. The van der Waals surface area contributed by atoms with Crippen LogP contribution in [0.15, 0.2) is 47.4 Å². The molecule has 2 rings (SSSR count). The molecule has 24 heavy (non-hydrogen) atoms. The molecule has 2 aromatic rings. The van der Waals surface area contributed by atoms with Gasteiger partial charge in [0.1, 0.15) is 11.5 Å². The zero-order chi connectivity index (χ0) is 17.7. The molecule has 130 valence electrons. The van der Waals surface area contributed by atoms with E-state index >= 15 is 0 Å². The highest BCUT2D eigenvalue weighted by molar-refractivity contribution is 7.89. The molecule has 0 aliphatic heterocycles. The maximum Gasteiger partial charge on any atom is 0.240 e. The summed E-state index contributed by atoms with van der Waals surface area (Å²) >= 11 is 0. The van der Waals surface area contributed by atoms with Crippen molar-refractivity contribution in [3.8, 4) is 11.5 Å². The SMILES string of the molecule is COc1ccc(S(=O)(=O)NCc2ccc(OC)c(C(C)C)c2)cc1. The summed E-state index contributed by atoms with van der Waals surface area (Å²) in [6.07, 6.45) is 0. The summed E-state index contributed by atoms with van der Waals surface area (Å²) in [5.74, 6) is 1.72. The lowest BCUT2D eigenvalue weighted by molar-refractivity contribution is 0.407. The van der Waals surface area contributed by atoms with Crippen LogP contribution in [-0.4, -0.2) is 22.6 Å². The Kier molecular flexibility index (Phi) is 5.85. The number of nitrogens with one attached hydrogen (secondary N) is 1. The van der Waals surface area contributed by atoms with Crippen LogP contribution < -0.4 is 14.2 Å². The van der Waals surface area contributed by atoms with Gasteiger partial charge in [0.15, 0.2) is 0 Å². The zero-order valence-electron chi connectivity index (χ0n) is 14.4. The number of rotatable bonds is 7. The normalized spacial score (nSPS) is 11.5. The molecule has 0 bridgehead atoms. The number of sulfonamides is 1. The molecule has 0 heterocycles. The van der Waals surface area contributed by atoms with Crippen LogP contribution in [0.5, 0.6) is 11.5 Å². The molecule has 0 unspecified atom stereocenters. The van der Waals surface area contributed by atoms with Crippen LogP contribution in [0, 0.1) is 0 Å². The van der Waals surface area contributed by atoms with Gasteiger partial charge in [0.2, 0.25) is 10.0 Å². The van der Waals surface area contributed by atoms with Gasteiger partial charge in [-0.15, -0.1) is 0 Å². The summed E-state index contributed by atoms with van der Waals surface area (Å²) in [5, 5.41) is 0. The lowest BCUT2D eigenvalue weighted by Crippen LogP contribution is -2.23. The van der Waals surface area contributed by atoms with E-state index in [-0.39, 0.29) is 17.4 Å². The third kappa shape index (κ3) is 4.27. The fourth-order valence-electron chi connectivity index (χ4n) is 2.36. The van der Waals surface area contributed by atoms with Crippen LogP contribution in [0.3, 0.4) is 0 Å². The largest absolute Gasteiger partial charge is 0.497 e. The van der Waals surface area contributed by atoms with Gasteiger partial charge in [0, 0.05) is 6.54 Å². The lowest BCUT2D eigenvalue weighted by atomic mass is 9.99. The van der Waals surface area contributed by atoms with Crippen LogP contribution in [-0.2, 0) is 16.6 Å². The average molecular weight is 349 g/mol. The third-order valence-electron chi connectivity index (χ3n) is 3.75. The molecule has 2 aromatic carbocycles. The van der Waals surface area contributed by atoms with Crippen molar-refractivity contribution >= 4 is 10.0 Å². The van der Waals surface area contributed by atoms with Crippen molar-refractivity contribution in [3.63, 3.8) is 0 Å². The quantitative estimate of drug-likeness (QED) is 0.833. The average Bonchev–Trinajstić information content (AvgIpc) is 2.59. The molecule has 0 saturated heterocycles. The van der Waals surface area contributed by atoms with Gasteiger partial charge in [-0.25, -0.2) is 13.1 Å². The first-order valence-electron chi connectivity index (χ1n) is 7.68. The number of hydrogen-bond donors (Lipinski definition) is 1. The van der Waals surface area contributed by atoms with Crippen molar-refractivity contribution in [1.82, 2.24) is 4.72 Å². The molecular formula is C18H23NO4S. The zero-order valence-corrected chi connectivity index (χ0v) is 15.2. The molecule has 0 aromatic heterocycles. The Bertz CT molecular complexity index is 783. The maximum absolute atomic E-state index is 12.4. The second-order valence-electron chi connectivity index (χ2n) is 5.73. The van der Waals surface area contributed by atoms with Gasteiger partial charge in [-0.05, 0) is 47.4 Å². The molecule has 0 saturated carbocycles. The van der Waals surface area contributed by atoms with E-state index in [1.165, 1.54) is 19.2 Å². The minimum absolute atomic E-state index is 0.209. The highest BCUT2D eigenvalue weighted by Gasteiger charge is 2.15. The second kappa shape index (κ2) is 7.68. The first kappa shape index (κ1) is 18.3. The molecule has 0 aliphatic carbocycles. The van der Waals surface area contributed by atoms with Gasteiger partial charge in [-0.2, -0.15) is 0 Å². The highest BCUT2D eigenvalue weighted by Crippen LogP contribution is 2.27. The molecule has 0 spiro atoms. The van der Waals surface area contributed by atoms with E-state index in [0.717, 1.165) is 16.9 Å². The van der Waals surface area contributed by atoms with Crippen LogP contribution in [0.2, 0.25) is 0 Å². The van der Waals surface area contributed by atoms with Gasteiger partial charge in [-0.1, -0.05) is 26.0 Å². The molecule has 0 radical (unpaired) electrons. The van der Waals surface area contributed by atoms with Crippen molar-refractivity contribution in [2.45, 2.75) is 31.2 Å². The van der Waals surface area contributed by atoms with Crippen LogP contribution in [0.1, 0.15) is 30.9 Å². The topological polar surface area (TPSA) is 64.6 Å².